The average Bonchev–Trinajstić information content (AvgIpc) is 3.06. The summed E-state index contributed by atoms with van der Waals surface area (Å²) in [5.41, 5.74) is -0.620. The normalized spacial score (nSPS) is 12.6. The molecule has 0 radical (unpaired) electrons. The highest BCUT2D eigenvalue weighted by Gasteiger charge is 2.32. The van der Waals surface area contributed by atoms with Gasteiger partial charge in [-0.15, -0.1) is 0 Å². The highest BCUT2D eigenvalue weighted by atomic mass is 35.5. The summed E-state index contributed by atoms with van der Waals surface area (Å²) in [6, 6.07) is 16.3. The number of carboxylic acids is 1. The molecule has 1 heterocycles. The quantitative estimate of drug-likeness (QED) is 0.461. The molecular formula is C22H17ClN2O6S. The fourth-order valence-corrected chi connectivity index (χ4v) is 5.10. The van der Waals surface area contributed by atoms with Crippen molar-refractivity contribution in [1.82, 2.24) is 8.54 Å². The Balaban J connectivity index is 2.05. The van der Waals surface area contributed by atoms with Crippen molar-refractivity contribution in [3.63, 3.8) is 0 Å². The van der Waals surface area contributed by atoms with Gasteiger partial charge in [0.1, 0.15) is 5.75 Å². The van der Waals surface area contributed by atoms with E-state index in [1.807, 2.05) is 0 Å². The third-order valence-electron chi connectivity index (χ3n) is 5.00. The molecule has 0 spiro atoms. The van der Waals surface area contributed by atoms with Gasteiger partial charge in [0, 0.05) is 5.02 Å². The number of carbonyl (C=O) groups is 1. The van der Waals surface area contributed by atoms with Crippen LogP contribution in [0.1, 0.15) is 11.6 Å². The van der Waals surface area contributed by atoms with Gasteiger partial charge in [-0.05, 0) is 48.0 Å². The van der Waals surface area contributed by atoms with Crippen LogP contribution in [-0.2, 0) is 14.8 Å². The molecule has 3 aromatic carbocycles. The van der Waals surface area contributed by atoms with Gasteiger partial charge in [-0.3, -0.25) is 4.57 Å². The number of nitrogens with zero attached hydrogens (tertiary/aromatic N) is 2. The molecule has 32 heavy (non-hydrogen) atoms. The maximum absolute atomic E-state index is 13.5. The molecule has 0 saturated heterocycles. The molecule has 1 aromatic heterocycles. The molecule has 10 heteroatoms. The second kappa shape index (κ2) is 8.18. The van der Waals surface area contributed by atoms with Gasteiger partial charge in [-0.2, -0.15) is 3.97 Å². The van der Waals surface area contributed by atoms with E-state index in [9.17, 15) is 23.1 Å². The van der Waals surface area contributed by atoms with E-state index in [4.69, 9.17) is 16.3 Å². The number of aromatic nitrogens is 2. The van der Waals surface area contributed by atoms with Crippen molar-refractivity contribution in [2.45, 2.75) is 10.9 Å². The smallest absolute Gasteiger partial charge is 0.344 e. The Hall–Kier alpha value is -3.56. The molecule has 0 aliphatic rings. The molecule has 0 amide bonds. The molecule has 1 atom stereocenters. The Kier molecular flexibility index (Phi) is 5.53. The molecule has 0 bridgehead atoms. The van der Waals surface area contributed by atoms with E-state index in [0.29, 0.717) is 15.3 Å². The van der Waals surface area contributed by atoms with Gasteiger partial charge < -0.3 is 9.84 Å². The number of aliphatic carboxylic acids is 1. The number of ether oxygens (including phenoxy) is 1. The van der Waals surface area contributed by atoms with Crippen LogP contribution in [0.3, 0.4) is 0 Å². The molecule has 4 aromatic rings. The first-order valence-corrected chi connectivity index (χ1v) is 11.2. The first-order chi connectivity index (χ1) is 15.3. The number of benzene rings is 3. The predicted molar refractivity (Wildman–Crippen MR) is 119 cm³/mol. The van der Waals surface area contributed by atoms with Gasteiger partial charge in [-0.25, -0.2) is 18.0 Å². The zero-order valence-corrected chi connectivity index (χ0v) is 18.2. The largest absolute Gasteiger partial charge is 0.497 e. The molecular weight excluding hydrogens is 456 g/mol. The number of hydrogen-bond donors (Lipinski definition) is 1. The van der Waals surface area contributed by atoms with Crippen molar-refractivity contribution in [3.8, 4) is 5.75 Å². The molecule has 1 N–H and O–H groups in total. The Morgan fingerprint density at radius 1 is 1.00 bits per heavy atom. The van der Waals surface area contributed by atoms with Gasteiger partial charge in [0.05, 0.1) is 23.0 Å². The average molecular weight is 473 g/mol. The first kappa shape index (κ1) is 21.7. The number of imidazole rings is 1. The number of rotatable bonds is 6. The lowest BCUT2D eigenvalue weighted by Gasteiger charge is -2.14. The van der Waals surface area contributed by atoms with Crippen molar-refractivity contribution < 1.29 is 23.1 Å². The Labute approximate surface area is 187 Å². The summed E-state index contributed by atoms with van der Waals surface area (Å²) in [7, 11) is -2.92. The van der Waals surface area contributed by atoms with E-state index in [2.05, 4.69) is 0 Å². The summed E-state index contributed by atoms with van der Waals surface area (Å²) in [6.07, 6.45) is 0. The van der Waals surface area contributed by atoms with Crippen LogP contribution in [0.2, 0.25) is 5.02 Å². The van der Waals surface area contributed by atoms with Crippen molar-refractivity contribution in [3.05, 3.63) is 93.9 Å². The van der Waals surface area contributed by atoms with Crippen molar-refractivity contribution in [2.24, 2.45) is 0 Å². The van der Waals surface area contributed by atoms with E-state index < -0.39 is 27.7 Å². The summed E-state index contributed by atoms with van der Waals surface area (Å²) in [6.45, 7) is 0. The number of methoxy groups -OCH3 is 1. The lowest BCUT2D eigenvalue weighted by atomic mass is 10.1. The highest BCUT2D eigenvalue weighted by Crippen LogP contribution is 2.28. The first-order valence-electron chi connectivity index (χ1n) is 9.35. The standard InChI is InChI=1S/C22H17ClN2O6S/c1-31-16-8-10-17(11-9-16)32(29,30)25-18-12-7-15(23)13-19(18)24(22(25)28)20(21(26)27)14-5-3-2-4-6-14/h2-13,20H,1H3,(H,26,27). The molecule has 164 valence electrons. The zero-order valence-electron chi connectivity index (χ0n) is 16.7. The van der Waals surface area contributed by atoms with Crippen LogP contribution in [0.25, 0.3) is 11.0 Å². The minimum Gasteiger partial charge on any atom is -0.497 e. The van der Waals surface area contributed by atoms with Gasteiger partial charge in [0.15, 0.2) is 6.04 Å². The molecule has 0 fully saturated rings. The van der Waals surface area contributed by atoms with E-state index in [0.717, 1.165) is 4.57 Å². The monoisotopic (exact) mass is 472 g/mol. The Bertz CT molecular complexity index is 1470. The number of halogens is 1. The fraction of sp³-hybridized carbons (Fsp3) is 0.0909. The van der Waals surface area contributed by atoms with Crippen LogP contribution in [-0.4, -0.2) is 35.1 Å². The molecule has 0 saturated carbocycles. The molecule has 4 rings (SSSR count). The van der Waals surface area contributed by atoms with Crippen LogP contribution in [0, 0.1) is 0 Å². The topological polar surface area (TPSA) is 108 Å². The van der Waals surface area contributed by atoms with E-state index in [-0.39, 0.29) is 21.0 Å². The van der Waals surface area contributed by atoms with Crippen LogP contribution in [0.15, 0.2) is 82.5 Å². The highest BCUT2D eigenvalue weighted by molar-refractivity contribution is 7.90. The SMILES string of the molecule is COc1ccc(S(=O)(=O)n2c(=O)n(C(C(=O)O)c3ccccc3)c3cc(Cl)ccc32)cc1. The Morgan fingerprint density at radius 2 is 1.66 bits per heavy atom. The van der Waals surface area contributed by atoms with Gasteiger partial charge in [0.2, 0.25) is 0 Å². The van der Waals surface area contributed by atoms with Crippen LogP contribution in [0.4, 0.5) is 0 Å². The van der Waals surface area contributed by atoms with E-state index in [1.54, 1.807) is 30.3 Å². The summed E-state index contributed by atoms with van der Waals surface area (Å²) in [4.78, 5) is 25.5. The predicted octanol–water partition coefficient (Wildman–Crippen LogP) is 3.38. The van der Waals surface area contributed by atoms with Gasteiger partial charge in [0.25, 0.3) is 10.0 Å². The lowest BCUT2D eigenvalue weighted by Crippen LogP contribution is -2.34. The van der Waals surface area contributed by atoms with E-state index >= 15 is 0 Å². The number of fused-ring (bicyclic) bond motifs is 1. The fourth-order valence-electron chi connectivity index (χ4n) is 3.54. The summed E-state index contributed by atoms with van der Waals surface area (Å²) in [5, 5.41) is 10.2. The minimum absolute atomic E-state index is 0.0115. The van der Waals surface area contributed by atoms with Crippen molar-refractivity contribution in [2.75, 3.05) is 7.11 Å². The maximum Gasteiger partial charge on any atom is 0.344 e. The molecule has 1 unspecified atom stereocenters. The van der Waals surface area contributed by atoms with Gasteiger partial charge >= 0.3 is 11.7 Å². The van der Waals surface area contributed by atoms with Crippen molar-refractivity contribution >= 4 is 38.6 Å². The summed E-state index contributed by atoms with van der Waals surface area (Å²) in [5.74, 6) is -0.875. The summed E-state index contributed by atoms with van der Waals surface area (Å²) < 4.78 is 33.4. The van der Waals surface area contributed by atoms with Crippen LogP contribution >= 0.6 is 11.6 Å². The second-order valence-corrected chi connectivity index (χ2v) is 9.11. The third-order valence-corrected chi connectivity index (χ3v) is 6.94. The third kappa shape index (κ3) is 3.55. The molecule has 0 aliphatic heterocycles. The number of carboxylic acid groups (broad SMARTS) is 1. The van der Waals surface area contributed by atoms with E-state index in [1.165, 1.54) is 49.6 Å². The maximum atomic E-state index is 13.5. The molecule has 8 nitrogen and oxygen atoms in total. The summed E-state index contributed by atoms with van der Waals surface area (Å²) >= 11 is 6.11. The molecule has 0 aliphatic carbocycles. The van der Waals surface area contributed by atoms with Gasteiger partial charge in [-0.1, -0.05) is 41.9 Å². The lowest BCUT2D eigenvalue weighted by molar-refractivity contribution is -0.139. The van der Waals surface area contributed by atoms with Crippen LogP contribution < -0.4 is 10.4 Å². The zero-order chi connectivity index (χ0) is 23.0. The minimum atomic E-state index is -4.36. The number of hydrogen-bond acceptors (Lipinski definition) is 5. The second-order valence-electron chi connectivity index (χ2n) is 6.88. The Morgan fingerprint density at radius 3 is 2.25 bits per heavy atom. The van der Waals surface area contributed by atoms with Crippen molar-refractivity contribution in [1.29, 1.82) is 0 Å². The van der Waals surface area contributed by atoms with Crippen LogP contribution in [0.5, 0.6) is 5.75 Å².